The highest BCUT2D eigenvalue weighted by Crippen LogP contribution is 2.61. The number of benzene rings is 1. The van der Waals surface area contributed by atoms with Crippen LogP contribution in [0.5, 0.6) is 11.5 Å². The maximum Gasteiger partial charge on any atom is 0.409 e. The molecule has 0 spiro atoms. The summed E-state index contributed by atoms with van der Waals surface area (Å²) in [6, 6.07) is 3.64. The fourth-order valence-electron chi connectivity index (χ4n) is 6.09. The van der Waals surface area contributed by atoms with Gasteiger partial charge in [0.15, 0.2) is 11.5 Å². The molecule has 8 heteroatoms. The van der Waals surface area contributed by atoms with Gasteiger partial charge in [-0.1, -0.05) is 6.92 Å². The van der Waals surface area contributed by atoms with Gasteiger partial charge >= 0.3 is 10.3 Å². The first-order chi connectivity index (χ1) is 13.6. The van der Waals surface area contributed by atoms with Gasteiger partial charge in [0.2, 0.25) is 5.91 Å². The third-order valence-electron chi connectivity index (χ3n) is 7.43. The fourth-order valence-corrected chi connectivity index (χ4v) is 6.85. The van der Waals surface area contributed by atoms with Gasteiger partial charge in [0, 0.05) is 6.92 Å². The molecule has 3 aliphatic carbocycles. The van der Waals surface area contributed by atoms with Crippen molar-refractivity contribution in [2.45, 2.75) is 64.4 Å². The van der Waals surface area contributed by atoms with E-state index in [1.807, 2.05) is 10.8 Å². The van der Waals surface area contributed by atoms with Crippen LogP contribution in [0, 0.1) is 17.3 Å². The highest BCUT2D eigenvalue weighted by molar-refractivity contribution is 7.85. The molecule has 1 aromatic carbocycles. The van der Waals surface area contributed by atoms with E-state index >= 15 is 0 Å². The van der Waals surface area contributed by atoms with Crippen molar-refractivity contribution in [2.75, 3.05) is 7.11 Å². The largest absolute Gasteiger partial charge is 0.493 e. The standard InChI is InChI=1S/C21H29NO6S/c1-12(23)22-29(25,26)28-19-10-13-4-5-15-14(16(13)11-18(19)27-3)8-9-21(2)17(15)6-7-20(21)24/h10-11,14-15,17,20,24H,4-9H2,1-3H3,(H,22,23)/t14?,15?,17?,20-,21+/m1/s1. The average Bonchev–Trinajstić information content (AvgIpc) is 2.94. The number of hydrogen-bond donors (Lipinski definition) is 2. The monoisotopic (exact) mass is 423 g/mol. The minimum Gasteiger partial charge on any atom is -0.493 e. The lowest BCUT2D eigenvalue weighted by atomic mass is 9.55. The Kier molecular flexibility index (Phi) is 5.06. The molecule has 0 aromatic heterocycles. The zero-order valence-corrected chi connectivity index (χ0v) is 17.9. The van der Waals surface area contributed by atoms with Crippen molar-refractivity contribution < 1.29 is 27.2 Å². The summed E-state index contributed by atoms with van der Waals surface area (Å²) in [6.07, 6.45) is 5.61. The maximum atomic E-state index is 12.0. The van der Waals surface area contributed by atoms with Gasteiger partial charge in [-0.2, -0.15) is 8.42 Å². The summed E-state index contributed by atoms with van der Waals surface area (Å²) in [7, 11) is -2.77. The number of amides is 1. The molecule has 0 saturated heterocycles. The van der Waals surface area contributed by atoms with E-state index in [4.69, 9.17) is 8.92 Å². The number of aliphatic hydroxyl groups excluding tert-OH is 1. The van der Waals surface area contributed by atoms with E-state index in [9.17, 15) is 18.3 Å². The van der Waals surface area contributed by atoms with Crippen LogP contribution in [0.3, 0.4) is 0 Å². The Bertz CT molecular complexity index is 929. The van der Waals surface area contributed by atoms with Crippen LogP contribution >= 0.6 is 0 Å². The van der Waals surface area contributed by atoms with E-state index in [0.29, 0.717) is 23.5 Å². The number of ether oxygens (including phenoxy) is 1. The second-order valence-electron chi connectivity index (χ2n) is 8.95. The second-order valence-corrected chi connectivity index (χ2v) is 10.2. The van der Waals surface area contributed by atoms with E-state index < -0.39 is 16.2 Å². The van der Waals surface area contributed by atoms with E-state index in [0.717, 1.165) is 51.0 Å². The molecule has 2 fully saturated rings. The van der Waals surface area contributed by atoms with Gasteiger partial charge in [-0.05, 0) is 85.0 Å². The molecular weight excluding hydrogens is 394 g/mol. The molecule has 3 aliphatic rings. The SMILES string of the molecule is COc1cc2c(cc1OS(=O)(=O)NC(C)=O)CCC1C2CC[C@@]2(C)C1CC[C@H]2O. The summed E-state index contributed by atoms with van der Waals surface area (Å²) in [5.41, 5.74) is 2.28. The molecule has 2 N–H and O–H groups in total. The summed E-state index contributed by atoms with van der Waals surface area (Å²) in [5.74, 6) is 1.16. The van der Waals surface area contributed by atoms with Crippen LogP contribution in [-0.4, -0.2) is 32.6 Å². The van der Waals surface area contributed by atoms with Crippen LogP contribution in [0.15, 0.2) is 12.1 Å². The zero-order chi connectivity index (χ0) is 21.0. The normalized spacial score (nSPS) is 33.2. The number of hydrogen-bond acceptors (Lipinski definition) is 6. The molecular formula is C21H29NO6S. The van der Waals surface area contributed by atoms with Gasteiger partial charge in [-0.25, -0.2) is 4.72 Å². The van der Waals surface area contributed by atoms with Gasteiger partial charge < -0.3 is 14.0 Å². The predicted molar refractivity (Wildman–Crippen MR) is 107 cm³/mol. The van der Waals surface area contributed by atoms with E-state index in [-0.39, 0.29) is 17.3 Å². The zero-order valence-electron chi connectivity index (χ0n) is 17.1. The predicted octanol–water partition coefficient (Wildman–Crippen LogP) is 2.67. The van der Waals surface area contributed by atoms with Crippen molar-refractivity contribution in [3.8, 4) is 11.5 Å². The first kappa shape index (κ1) is 20.5. The summed E-state index contributed by atoms with van der Waals surface area (Å²) in [4.78, 5) is 11.1. The number of aliphatic hydroxyl groups is 1. The molecule has 29 heavy (non-hydrogen) atoms. The third kappa shape index (κ3) is 3.50. The molecule has 5 atom stereocenters. The van der Waals surface area contributed by atoms with E-state index in [1.165, 1.54) is 12.7 Å². The minimum atomic E-state index is -4.25. The van der Waals surface area contributed by atoms with Crippen molar-refractivity contribution in [1.29, 1.82) is 0 Å². The van der Waals surface area contributed by atoms with Gasteiger partial charge in [-0.15, -0.1) is 0 Å². The van der Waals surface area contributed by atoms with Crippen molar-refractivity contribution in [2.24, 2.45) is 17.3 Å². The molecule has 0 radical (unpaired) electrons. The van der Waals surface area contributed by atoms with Gasteiger partial charge in [-0.3, -0.25) is 4.79 Å². The smallest absolute Gasteiger partial charge is 0.409 e. The Balaban J connectivity index is 1.66. The molecule has 160 valence electrons. The van der Waals surface area contributed by atoms with Gasteiger partial charge in [0.1, 0.15) is 0 Å². The van der Waals surface area contributed by atoms with E-state index in [2.05, 4.69) is 6.92 Å². The molecule has 3 unspecified atom stereocenters. The highest BCUT2D eigenvalue weighted by Gasteiger charge is 2.54. The van der Waals surface area contributed by atoms with Gasteiger partial charge in [0.25, 0.3) is 0 Å². The first-order valence-corrected chi connectivity index (χ1v) is 11.7. The number of nitrogens with one attached hydrogen (secondary N) is 1. The van der Waals surface area contributed by atoms with Crippen LogP contribution in [-0.2, 0) is 21.5 Å². The number of fused-ring (bicyclic) bond motifs is 5. The fraction of sp³-hybridized carbons (Fsp3) is 0.667. The minimum absolute atomic E-state index is 0.0121. The molecule has 0 bridgehead atoms. The topological polar surface area (TPSA) is 102 Å². The van der Waals surface area contributed by atoms with E-state index in [1.54, 1.807) is 6.07 Å². The summed E-state index contributed by atoms with van der Waals surface area (Å²) >= 11 is 0. The lowest BCUT2D eigenvalue weighted by Crippen LogP contribution is -2.43. The highest BCUT2D eigenvalue weighted by atomic mass is 32.2. The average molecular weight is 424 g/mol. The summed E-state index contributed by atoms with van der Waals surface area (Å²) in [5, 5.41) is 10.5. The number of rotatable bonds is 4. The van der Waals surface area contributed by atoms with Crippen molar-refractivity contribution in [3.63, 3.8) is 0 Å². The number of carbonyl (C=O) groups excluding carboxylic acids is 1. The third-order valence-corrected chi connectivity index (χ3v) is 8.36. The van der Waals surface area contributed by atoms with Gasteiger partial charge in [0.05, 0.1) is 13.2 Å². The Morgan fingerprint density at radius 2 is 1.97 bits per heavy atom. The van der Waals surface area contributed by atoms with Crippen LogP contribution in [0.1, 0.15) is 63.0 Å². The molecule has 0 heterocycles. The second kappa shape index (κ2) is 7.16. The Hall–Kier alpha value is -1.80. The molecule has 7 nitrogen and oxygen atoms in total. The Morgan fingerprint density at radius 1 is 1.21 bits per heavy atom. The van der Waals surface area contributed by atoms with Crippen LogP contribution in [0.4, 0.5) is 0 Å². The summed E-state index contributed by atoms with van der Waals surface area (Å²) < 4.78 is 36.4. The molecule has 2 saturated carbocycles. The number of aryl methyl sites for hydroxylation is 1. The molecule has 1 amide bonds. The first-order valence-electron chi connectivity index (χ1n) is 10.3. The summed E-state index contributed by atoms with van der Waals surface area (Å²) in [6.45, 7) is 3.35. The quantitative estimate of drug-likeness (QED) is 0.772. The maximum absolute atomic E-state index is 12.0. The number of carbonyl (C=O) groups is 1. The molecule has 4 rings (SSSR count). The van der Waals surface area contributed by atoms with Crippen molar-refractivity contribution in [3.05, 3.63) is 23.3 Å². The Labute approximate surface area is 172 Å². The molecule has 0 aliphatic heterocycles. The number of methoxy groups -OCH3 is 1. The van der Waals surface area contributed by atoms with Crippen molar-refractivity contribution >= 4 is 16.2 Å². The lowest BCUT2D eigenvalue weighted by molar-refractivity contribution is -0.117. The molecule has 1 aromatic rings. The van der Waals surface area contributed by atoms with Crippen molar-refractivity contribution in [1.82, 2.24) is 4.72 Å². The van der Waals surface area contributed by atoms with Crippen LogP contribution in [0.25, 0.3) is 0 Å². The van der Waals surface area contributed by atoms with Crippen LogP contribution < -0.4 is 13.6 Å². The van der Waals surface area contributed by atoms with Crippen LogP contribution in [0.2, 0.25) is 0 Å². The lowest BCUT2D eigenvalue weighted by Gasteiger charge is -2.50. The Morgan fingerprint density at radius 3 is 2.66 bits per heavy atom.